The van der Waals surface area contributed by atoms with Crippen LogP contribution in [0.2, 0.25) is 0 Å². The number of methoxy groups -OCH3 is 1. The van der Waals surface area contributed by atoms with Gasteiger partial charge in [-0.1, -0.05) is 6.07 Å². The van der Waals surface area contributed by atoms with Crippen LogP contribution in [0.5, 0.6) is 5.75 Å². The van der Waals surface area contributed by atoms with Crippen molar-refractivity contribution < 1.29 is 13.5 Å². The molecule has 6 heteroatoms. The van der Waals surface area contributed by atoms with Crippen LogP contribution in [0.3, 0.4) is 0 Å². The van der Waals surface area contributed by atoms with Gasteiger partial charge in [-0.05, 0) is 57.5 Å². The molecule has 0 aliphatic carbocycles. The fourth-order valence-electron chi connectivity index (χ4n) is 3.28. The number of nitrogens with zero attached hydrogens (tertiary/aromatic N) is 3. The fourth-order valence-corrected chi connectivity index (χ4v) is 3.28. The van der Waals surface area contributed by atoms with Crippen LogP contribution in [-0.2, 0) is 12.8 Å². The highest BCUT2D eigenvalue weighted by molar-refractivity contribution is 5.29. The molecule has 0 saturated carbocycles. The van der Waals surface area contributed by atoms with Crippen molar-refractivity contribution in [1.82, 2.24) is 15.1 Å². The zero-order valence-electron chi connectivity index (χ0n) is 14.5. The Morgan fingerprint density at radius 1 is 1.33 bits per heavy atom. The lowest BCUT2D eigenvalue weighted by molar-refractivity contribution is 0.157. The van der Waals surface area contributed by atoms with Gasteiger partial charge in [0, 0.05) is 12.5 Å². The van der Waals surface area contributed by atoms with Gasteiger partial charge >= 0.3 is 0 Å². The van der Waals surface area contributed by atoms with Crippen LogP contribution in [0.25, 0.3) is 0 Å². The predicted molar refractivity (Wildman–Crippen MR) is 88.7 cm³/mol. The maximum atomic E-state index is 13.7. The number of piperidine rings is 1. The standard InChI is InChI=1S/C18H24FN3O2/c1-12-14(5-4-10-22(12)2)18-21-20-17(24-18)9-7-13-6-8-16(23-3)15(19)11-13/h6,8,11-12,14H,4-5,7,9-10H2,1-3H3/t12-,14-/m0/s1. The Labute approximate surface area is 141 Å². The van der Waals surface area contributed by atoms with E-state index in [0.717, 1.165) is 30.8 Å². The number of aromatic nitrogens is 2. The van der Waals surface area contributed by atoms with Gasteiger partial charge in [0.05, 0.1) is 13.0 Å². The number of ether oxygens (including phenoxy) is 1. The molecule has 0 unspecified atom stereocenters. The summed E-state index contributed by atoms with van der Waals surface area (Å²) in [5.74, 6) is 1.55. The lowest BCUT2D eigenvalue weighted by Gasteiger charge is -2.34. The summed E-state index contributed by atoms with van der Waals surface area (Å²) < 4.78 is 24.5. The van der Waals surface area contributed by atoms with Crippen molar-refractivity contribution >= 4 is 0 Å². The van der Waals surface area contributed by atoms with E-state index in [4.69, 9.17) is 9.15 Å². The molecule has 5 nitrogen and oxygen atoms in total. The second-order valence-corrected chi connectivity index (χ2v) is 6.47. The highest BCUT2D eigenvalue weighted by atomic mass is 19.1. The van der Waals surface area contributed by atoms with Gasteiger partial charge in [-0.3, -0.25) is 0 Å². The first-order valence-corrected chi connectivity index (χ1v) is 8.43. The molecule has 0 N–H and O–H groups in total. The van der Waals surface area contributed by atoms with Crippen molar-refractivity contribution in [3.63, 3.8) is 0 Å². The van der Waals surface area contributed by atoms with E-state index < -0.39 is 0 Å². The molecule has 24 heavy (non-hydrogen) atoms. The maximum absolute atomic E-state index is 13.7. The predicted octanol–water partition coefficient (Wildman–Crippen LogP) is 3.20. The molecule has 3 rings (SSSR count). The van der Waals surface area contributed by atoms with Crippen molar-refractivity contribution in [3.05, 3.63) is 41.4 Å². The van der Waals surface area contributed by atoms with Crippen molar-refractivity contribution in [1.29, 1.82) is 0 Å². The number of hydrogen-bond acceptors (Lipinski definition) is 5. The summed E-state index contributed by atoms with van der Waals surface area (Å²) >= 11 is 0. The van der Waals surface area contributed by atoms with Gasteiger partial charge in [0.25, 0.3) is 0 Å². The number of aryl methyl sites for hydroxylation is 2. The van der Waals surface area contributed by atoms with E-state index in [0.29, 0.717) is 30.7 Å². The number of halogens is 1. The lowest BCUT2D eigenvalue weighted by Crippen LogP contribution is -2.39. The molecule has 2 aromatic rings. The zero-order valence-corrected chi connectivity index (χ0v) is 14.5. The number of benzene rings is 1. The summed E-state index contributed by atoms with van der Waals surface area (Å²) in [7, 11) is 3.59. The summed E-state index contributed by atoms with van der Waals surface area (Å²) in [6.45, 7) is 3.32. The molecule has 0 amide bonds. The molecule has 1 aliphatic rings. The molecular formula is C18H24FN3O2. The minimum Gasteiger partial charge on any atom is -0.494 e. The van der Waals surface area contributed by atoms with Gasteiger partial charge in [-0.15, -0.1) is 10.2 Å². The Kier molecular flexibility index (Phi) is 5.14. The average molecular weight is 333 g/mol. The van der Waals surface area contributed by atoms with E-state index >= 15 is 0 Å². The Bertz CT molecular complexity index is 689. The van der Waals surface area contributed by atoms with Crippen LogP contribution in [0.1, 0.15) is 43.0 Å². The first-order chi connectivity index (χ1) is 11.6. The van der Waals surface area contributed by atoms with Crippen LogP contribution < -0.4 is 4.74 Å². The van der Waals surface area contributed by atoms with Crippen molar-refractivity contribution in [2.45, 2.75) is 44.6 Å². The lowest BCUT2D eigenvalue weighted by atomic mass is 9.90. The number of rotatable bonds is 5. The zero-order chi connectivity index (χ0) is 17.1. The third-order valence-corrected chi connectivity index (χ3v) is 4.95. The quantitative estimate of drug-likeness (QED) is 0.841. The van der Waals surface area contributed by atoms with Gasteiger partial charge < -0.3 is 14.1 Å². The van der Waals surface area contributed by atoms with Crippen molar-refractivity contribution in [3.8, 4) is 5.75 Å². The third kappa shape index (κ3) is 3.59. The Morgan fingerprint density at radius 3 is 2.92 bits per heavy atom. The third-order valence-electron chi connectivity index (χ3n) is 4.95. The summed E-state index contributed by atoms with van der Waals surface area (Å²) in [4.78, 5) is 2.33. The van der Waals surface area contributed by atoms with Gasteiger partial charge in [0.15, 0.2) is 11.6 Å². The van der Waals surface area contributed by atoms with Gasteiger partial charge in [0.1, 0.15) is 0 Å². The molecule has 2 atom stereocenters. The molecule has 0 bridgehead atoms. The van der Waals surface area contributed by atoms with Crippen molar-refractivity contribution in [2.75, 3.05) is 20.7 Å². The normalized spacial score (nSPS) is 21.8. The first-order valence-electron chi connectivity index (χ1n) is 8.43. The van der Waals surface area contributed by atoms with Crippen LogP contribution in [0, 0.1) is 5.82 Å². The Balaban J connectivity index is 1.63. The second-order valence-electron chi connectivity index (χ2n) is 6.47. The van der Waals surface area contributed by atoms with E-state index in [2.05, 4.69) is 29.1 Å². The van der Waals surface area contributed by atoms with E-state index in [1.807, 2.05) is 6.07 Å². The summed E-state index contributed by atoms with van der Waals surface area (Å²) in [5, 5.41) is 8.41. The van der Waals surface area contributed by atoms with Crippen molar-refractivity contribution in [2.24, 2.45) is 0 Å². The highest BCUT2D eigenvalue weighted by Crippen LogP contribution is 2.31. The second kappa shape index (κ2) is 7.30. The first kappa shape index (κ1) is 16.9. The smallest absolute Gasteiger partial charge is 0.221 e. The van der Waals surface area contributed by atoms with E-state index in [-0.39, 0.29) is 11.6 Å². The topological polar surface area (TPSA) is 51.4 Å². The van der Waals surface area contributed by atoms with E-state index in [1.54, 1.807) is 6.07 Å². The van der Waals surface area contributed by atoms with Crippen LogP contribution >= 0.6 is 0 Å². The average Bonchev–Trinajstić information content (AvgIpc) is 3.04. The largest absolute Gasteiger partial charge is 0.494 e. The van der Waals surface area contributed by atoms with Crippen LogP contribution in [-0.4, -0.2) is 41.8 Å². The van der Waals surface area contributed by atoms with Crippen LogP contribution in [0.4, 0.5) is 4.39 Å². The summed E-state index contributed by atoms with van der Waals surface area (Å²) in [5.41, 5.74) is 0.888. The number of likely N-dealkylation sites (N-methyl/N-ethyl adjacent to an activating group) is 1. The molecule has 1 fully saturated rings. The molecule has 2 heterocycles. The molecule has 1 aromatic carbocycles. The monoisotopic (exact) mass is 333 g/mol. The van der Waals surface area contributed by atoms with E-state index in [1.165, 1.54) is 13.2 Å². The molecule has 0 radical (unpaired) electrons. The van der Waals surface area contributed by atoms with Gasteiger partial charge in [0.2, 0.25) is 11.8 Å². The molecular weight excluding hydrogens is 309 g/mol. The van der Waals surface area contributed by atoms with Gasteiger partial charge in [-0.2, -0.15) is 0 Å². The Hall–Kier alpha value is -1.95. The molecule has 1 aromatic heterocycles. The van der Waals surface area contributed by atoms with E-state index in [9.17, 15) is 4.39 Å². The van der Waals surface area contributed by atoms with Gasteiger partial charge in [-0.25, -0.2) is 4.39 Å². The molecule has 1 aliphatic heterocycles. The number of likely N-dealkylation sites (tertiary alicyclic amines) is 1. The minimum absolute atomic E-state index is 0.259. The highest BCUT2D eigenvalue weighted by Gasteiger charge is 2.30. The minimum atomic E-state index is -0.347. The molecule has 1 saturated heterocycles. The fraction of sp³-hybridized carbons (Fsp3) is 0.556. The van der Waals surface area contributed by atoms with Crippen LogP contribution in [0.15, 0.2) is 22.6 Å². The SMILES string of the molecule is COc1ccc(CCc2nnc([C@H]3CCCN(C)[C@H]3C)o2)cc1F. The number of hydrogen-bond donors (Lipinski definition) is 0. The molecule has 130 valence electrons. The maximum Gasteiger partial charge on any atom is 0.221 e. The summed E-state index contributed by atoms with van der Waals surface area (Å²) in [6, 6.07) is 5.40. The molecule has 0 spiro atoms. The summed E-state index contributed by atoms with van der Waals surface area (Å²) in [6.07, 6.45) is 3.49. The Morgan fingerprint density at radius 2 is 2.17 bits per heavy atom.